The van der Waals surface area contributed by atoms with Crippen LogP contribution in [-0.2, 0) is 0 Å². The molecule has 0 aliphatic rings. The summed E-state index contributed by atoms with van der Waals surface area (Å²) in [6.45, 7) is 0. The van der Waals surface area contributed by atoms with Gasteiger partial charge in [0.05, 0.1) is 0 Å². The standard InChI is InChI=1S/C15H9BrINO/c16-10-3-6-14-12(7-10)13(8-18-14)15(19)9-1-4-11(17)5-2-9/h1-8,18H. The number of carbonyl (C=O) groups is 1. The number of benzene rings is 2. The van der Waals surface area contributed by atoms with Gasteiger partial charge in [0, 0.05) is 36.3 Å². The van der Waals surface area contributed by atoms with Crippen molar-refractivity contribution in [1.82, 2.24) is 4.98 Å². The van der Waals surface area contributed by atoms with Gasteiger partial charge in [0.15, 0.2) is 5.78 Å². The number of nitrogens with one attached hydrogen (secondary N) is 1. The van der Waals surface area contributed by atoms with E-state index in [1.165, 1.54) is 0 Å². The molecule has 2 nitrogen and oxygen atoms in total. The van der Waals surface area contributed by atoms with Gasteiger partial charge in [-0.2, -0.15) is 0 Å². The van der Waals surface area contributed by atoms with Gasteiger partial charge in [-0.3, -0.25) is 4.79 Å². The average molecular weight is 426 g/mol. The van der Waals surface area contributed by atoms with Crippen LogP contribution in [0.15, 0.2) is 53.1 Å². The van der Waals surface area contributed by atoms with Gasteiger partial charge in [-0.25, -0.2) is 0 Å². The second kappa shape index (κ2) is 5.09. The number of ketones is 1. The van der Waals surface area contributed by atoms with E-state index in [0.29, 0.717) is 11.1 Å². The van der Waals surface area contributed by atoms with Crippen LogP contribution < -0.4 is 0 Å². The van der Waals surface area contributed by atoms with Crippen molar-refractivity contribution in [2.45, 2.75) is 0 Å². The molecule has 0 unspecified atom stereocenters. The van der Waals surface area contributed by atoms with E-state index in [1.807, 2.05) is 42.5 Å². The first-order valence-electron chi connectivity index (χ1n) is 5.72. The fourth-order valence-electron chi connectivity index (χ4n) is 2.04. The number of hydrogen-bond acceptors (Lipinski definition) is 1. The molecule has 94 valence electrons. The quantitative estimate of drug-likeness (QED) is 0.465. The number of H-pyrrole nitrogens is 1. The van der Waals surface area contributed by atoms with Crippen LogP contribution in [0.3, 0.4) is 0 Å². The summed E-state index contributed by atoms with van der Waals surface area (Å²) >= 11 is 5.67. The molecule has 19 heavy (non-hydrogen) atoms. The van der Waals surface area contributed by atoms with Crippen LogP contribution in [0, 0.1) is 3.57 Å². The molecule has 0 fully saturated rings. The largest absolute Gasteiger partial charge is 0.360 e. The molecule has 0 saturated carbocycles. The van der Waals surface area contributed by atoms with Gasteiger partial charge in [-0.05, 0) is 65.1 Å². The summed E-state index contributed by atoms with van der Waals surface area (Å²) in [5.41, 5.74) is 2.39. The van der Waals surface area contributed by atoms with Crippen molar-refractivity contribution in [1.29, 1.82) is 0 Å². The Hall–Kier alpha value is -1.14. The van der Waals surface area contributed by atoms with Crippen LogP contribution in [0.2, 0.25) is 0 Å². The first-order chi connectivity index (χ1) is 9.15. The molecule has 0 amide bonds. The maximum atomic E-state index is 12.5. The van der Waals surface area contributed by atoms with E-state index in [0.717, 1.165) is 18.9 Å². The normalized spacial score (nSPS) is 10.8. The van der Waals surface area contributed by atoms with Gasteiger partial charge in [-0.1, -0.05) is 15.9 Å². The zero-order valence-corrected chi connectivity index (χ0v) is 13.5. The molecule has 3 aromatic rings. The lowest BCUT2D eigenvalue weighted by Gasteiger charge is -2.00. The molecule has 0 atom stereocenters. The molecule has 0 aliphatic carbocycles. The van der Waals surface area contributed by atoms with E-state index in [-0.39, 0.29) is 5.78 Å². The summed E-state index contributed by atoms with van der Waals surface area (Å²) in [5.74, 6) is 0.0424. The van der Waals surface area contributed by atoms with E-state index in [9.17, 15) is 4.79 Å². The van der Waals surface area contributed by atoms with Gasteiger partial charge in [0.25, 0.3) is 0 Å². The van der Waals surface area contributed by atoms with Crippen LogP contribution >= 0.6 is 38.5 Å². The minimum Gasteiger partial charge on any atom is -0.360 e. The number of aromatic nitrogens is 1. The SMILES string of the molecule is O=C(c1ccc(I)cc1)c1c[nH]c2ccc(Br)cc12. The zero-order valence-electron chi connectivity index (χ0n) is 9.78. The van der Waals surface area contributed by atoms with Gasteiger partial charge >= 0.3 is 0 Å². The van der Waals surface area contributed by atoms with E-state index < -0.39 is 0 Å². The molecule has 0 spiro atoms. The van der Waals surface area contributed by atoms with Gasteiger partial charge < -0.3 is 4.98 Å². The Balaban J connectivity index is 2.11. The van der Waals surface area contributed by atoms with Crippen molar-refractivity contribution in [3.8, 4) is 0 Å². The second-order valence-corrected chi connectivity index (χ2v) is 6.39. The fraction of sp³-hybridized carbons (Fsp3) is 0. The van der Waals surface area contributed by atoms with Crippen molar-refractivity contribution in [3.63, 3.8) is 0 Å². The van der Waals surface area contributed by atoms with Gasteiger partial charge in [-0.15, -0.1) is 0 Å². The van der Waals surface area contributed by atoms with Crippen molar-refractivity contribution >= 4 is 55.2 Å². The average Bonchev–Trinajstić information content (AvgIpc) is 2.81. The lowest BCUT2D eigenvalue weighted by Crippen LogP contribution is -2.00. The molecule has 0 bridgehead atoms. The lowest BCUT2D eigenvalue weighted by atomic mass is 10.0. The highest BCUT2D eigenvalue weighted by Crippen LogP contribution is 2.24. The van der Waals surface area contributed by atoms with E-state index in [2.05, 4.69) is 43.5 Å². The second-order valence-electron chi connectivity index (χ2n) is 4.23. The van der Waals surface area contributed by atoms with Crippen LogP contribution in [0.4, 0.5) is 0 Å². The molecule has 0 radical (unpaired) electrons. The Bertz CT molecular complexity index is 761. The molecule has 0 aliphatic heterocycles. The summed E-state index contributed by atoms with van der Waals surface area (Å²) in [4.78, 5) is 15.6. The van der Waals surface area contributed by atoms with Crippen LogP contribution in [0.5, 0.6) is 0 Å². The number of halogens is 2. The monoisotopic (exact) mass is 425 g/mol. The number of carbonyl (C=O) groups excluding carboxylic acids is 1. The highest BCUT2D eigenvalue weighted by molar-refractivity contribution is 14.1. The lowest BCUT2D eigenvalue weighted by molar-refractivity contribution is 0.104. The molecule has 0 saturated heterocycles. The van der Waals surface area contributed by atoms with Crippen molar-refractivity contribution in [2.24, 2.45) is 0 Å². The van der Waals surface area contributed by atoms with Crippen LogP contribution in [-0.4, -0.2) is 10.8 Å². The number of aromatic amines is 1. The summed E-state index contributed by atoms with van der Waals surface area (Å²) in [6, 6.07) is 13.5. The highest BCUT2D eigenvalue weighted by Gasteiger charge is 2.14. The van der Waals surface area contributed by atoms with Crippen LogP contribution in [0.25, 0.3) is 10.9 Å². The number of fused-ring (bicyclic) bond motifs is 1. The van der Waals surface area contributed by atoms with Gasteiger partial charge in [0.2, 0.25) is 0 Å². The van der Waals surface area contributed by atoms with Gasteiger partial charge in [0.1, 0.15) is 0 Å². The topological polar surface area (TPSA) is 32.9 Å². The predicted octanol–water partition coefficient (Wildman–Crippen LogP) is 4.77. The van der Waals surface area contributed by atoms with Crippen molar-refractivity contribution in [3.05, 3.63) is 67.8 Å². The molecule has 2 aromatic carbocycles. The molecule has 1 N–H and O–H groups in total. The Morgan fingerprint density at radius 1 is 1.11 bits per heavy atom. The van der Waals surface area contributed by atoms with E-state index >= 15 is 0 Å². The highest BCUT2D eigenvalue weighted by atomic mass is 127. The molecular formula is C15H9BrINO. The van der Waals surface area contributed by atoms with Crippen LogP contribution in [0.1, 0.15) is 15.9 Å². The van der Waals surface area contributed by atoms with Crippen molar-refractivity contribution < 1.29 is 4.79 Å². The molecular weight excluding hydrogens is 417 g/mol. The first-order valence-corrected chi connectivity index (χ1v) is 7.59. The third kappa shape index (κ3) is 2.47. The summed E-state index contributed by atoms with van der Waals surface area (Å²) < 4.78 is 2.09. The summed E-state index contributed by atoms with van der Waals surface area (Å²) in [6.07, 6.45) is 1.78. The van der Waals surface area contributed by atoms with E-state index in [1.54, 1.807) is 6.20 Å². The first kappa shape index (κ1) is 12.9. The van der Waals surface area contributed by atoms with E-state index in [4.69, 9.17) is 0 Å². The summed E-state index contributed by atoms with van der Waals surface area (Å²) in [7, 11) is 0. The Kier molecular flexibility index (Phi) is 3.45. The predicted molar refractivity (Wildman–Crippen MR) is 88.6 cm³/mol. The Labute approximate surface area is 132 Å². The Morgan fingerprint density at radius 3 is 2.58 bits per heavy atom. The molecule has 4 heteroatoms. The number of rotatable bonds is 2. The molecule has 3 rings (SSSR count). The third-order valence-electron chi connectivity index (χ3n) is 2.99. The molecule has 1 aromatic heterocycles. The number of hydrogen-bond donors (Lipinski definition) is 1. The minimum atomic E-state index is 0.0424. The smallest absolute Gasteiger partial charge is 0.195 e. The summed E-state index contributed by atoms with van der Waals surface area (Å²) in [5, 5.41) is 0.943. The fourth-order valence-corrected chi connectivity index (χ4v) is 2.76. The van der Waals surface area contributed by atoms with Crippen molar-refractivity contribution in [2.75, 3.05) is 0 Å². The third-order valence-corrected chi connectivity index (χ3v) is 4.21. The Morgan fingerprint density at radius 2 is 1.84 bits per heavy atom. The maximum absolute atomic E-state index is 12.5. The molecule has 1 heterocycles. The maximum Gasteiger partial charge on any atom is 0.195 e. The minimum absolute atomic E-state index is 0.0424. The zero-order chi connectivity index (χ0) is 13.4.